The van der Waals surface area contributed by atoms with E-state index in [0.717, 1.165) is 51.4 Å². The Balaban J connectivity index is 0.00000364. The molecule has 0 aromatic heterocycles. The number of aliphatic hydroxyl groups is 2. The largest absolute Gasteiger partial charge is 1.00 e. The number of aliphatic hydroxyl groups excluding tert-OH is 2. The SMILES string of the molecule is CCCCC[C@H](O)/C=C/[C@H]1[C@H](O)C[C@]2(C)C/C(=C\CCCC(=O)O)C[C@H]12.[H-].[Na+]. The van der Waals surface area contributed by atoms with Crippen molar-refractivity contribution in [2.75, 3.05) is 0 Å². The van der Waals surface area contributed by atoms with Crippen molar-refractivity contribution in [3.63, 3.8) is 0 Å². The van der Waals surface area contributed by atoms with E-state index in [0.29, 0.717) is 12.3 Å². The van der Waals surface area contributed by atoms with Gasteiger partial charge in [0, 0.05) is 12.3 Å². The quantitative estimate of drug-likeness (QED) is 0.302. The summed E-state index contributed by atoms with van der Waals surface area (Å²) in [6, 6.07) is 0. The van der Waals surface area contributed by atoms with Gasteiger partial charge >= 0.3 is 35.5 Å². The standard InChI is InChI=1S/C22H36O4.Na.H/c1-3-4-5-9-17(23)11-12-18-19-13-16(8-6-7-10-21(25)26)14-22(19,2)15-20(18)24;;/h8,11-12,17-20,23-24H,3-7,9-10,13-15H2,1-2H3,(H,25,26);;/q;+1;-1/b12-11+,16-8-;;/t17-,18+,19+,20+,22-;;/m0../s1. The van der Waals surface area contributed by atoms with Gasteiger partial charge in [0.05, 0.1) is 12.2 Å². The fraction of sp³-hybridized carbons (Fsp3) is 0.773. The molecule has 0 bridgehead atoms. The van der Waals surface area contributed by atoms with Crippen LogP contribution in [0, 0.1) is 17.3 Å². The first kappa shape index (κ1) is 24.9. The van der Waals surface area contributed by atoms with Gasteiger partial charge in [-0.05, 0) is 49.9 Å². The Labute approximate surface area is 187 Å². The Morgan fingerprint density at radius 2 is 2.11 bits per heavy atom. The summed E-state index contributed by atoms with van der Waals surface area (Å²) in [6.07, 6.45) is 14.1. The Bertz CT molecular complexity index is 537. The Morgan fingerprint density at radius 1 is 1.37 bits per heavy atom. The molecule has 2 aliphatic carbocycles. The van der Waals surface area contributed by atoms with E-state index >= 15 is 0 Å². The fourth-order valence-corrected chi connectivity index (χ4v) is 4.89. The van der Waals surface area contributed by atoms with Crippen molar-refractivity contribution in [2.45, 2.75) is 90.3 Å². The Morgan fingerprint density at radius 3 is 2.78 bits per heavy atom. The van der Waals surface area contributed by atoms with Gasteiger partial charge in [-0.3, -0.25) is 4.79 Å². The average Bonchev–Trinajstić information content (AvgIpc) is 2.99. The van der Waals surface area contributed by atoms with E-state index in [-0.39, 0.29) is 54.8 Å². The van der Waals surface area contributed by atoms with Gasteiger partial charge in [-0.25, -0.2) is 0 Å². The number of rotatable bonds is 10. The van der Waals surface area contributed by atoms with Crippen LogP contribution < -0.4 is 29.6 Å². The summed E-state index contributed by atoms with van der Waals surface area (Å²) in [5, 5.41) is 29.4. The van der Waals surface area contributed by atoms with Crippen LogP contribution in [-0.4, -0.2) is 33.5 Å². The number of fused-ring (bicyclic) bond motifs is 1. The van der Waals surface area contributed by atoms with E-state index in [9.17, 15) is 15.0 Å². The third-order valence-electron chi connectivity index (χ3n) is 6.28. The number of unbranched alkanes of at least 4 members (excludes halogenated alkanes) is 3. The van der Waals surface area contributed by atoms with Crippen LogP contribution in [0.4, 0.5) is 0 Å². The molecule has 2 saturated carbocycles. The summed E-state index contributed by atoms with van der Waals surface area (Å²) in [7, 11) is 0. The maximum atomic E-state index is 10.6. The van der Waals surface area contributed by atoms with Crippen LogP contribution in [0.3, 0.4) is 0 Å². The Kier molecular flexibility index (Phi) is 10.9. The number of carbonyl (C=O) groups is 1. The van der Waals surface area contributed by atoms with Crippen molar-refractivity contribution in [1.29, 1.82) is 0 Å². The molecular weight excluding hydrogens is 351 g/mol. The first-order chi connectivity index (χ1) is 12.4. The van der Waals surface area contributed by atoms with Crippen LogP contribution in [0.2, 0.25) is 0 Å². The van der Waals surface area contributed by atoms with Crippen molar-refractivity contribution in [1.82, 2.24) is 0 Å². The van der Waals surface area contributed by atoms with Crippen LogP contribution in [-0.2, 0) is 4.79 Å². The van der Waals surface area contributed by atoms with E-state index in [2.05, 4.69) is 26.0 Å². The maximum absolute atomic E-state index is 10.6. The summed E-state index contributed by atoms with van der Waals surface area (Å²) >= 11 is 0. The van der Waals surface area contributed by atoms with Gasteiger partial charge in [-0.2, -0.15) is 0 Å². The monoisotopic (exact) mass is 388 g/mol. The molecule has 0 radical (unpaired) electrons. The molecule has 0 saturated heterocycles. The van der Waals surface area contributed by atoms with E-state index < -0.39 is 12.1 Å². The second-order valence-electron chi connectivity index (χ2n) is 8.59. The van der Waals surface area contributed by atoms with Crippen molar-refractivity contribution in [3.05, 3.63) is 23.8 Å². The summed E-state index contributed by atoms with van der Waals surface area (Å²) in [5.74, 6) is -0.197. The molecule has 2 fully saturated rings. The molecule has 4 nitrogen and oxygen atoms in total. The van der Waals surface area contributed by atoms with Crippen molar-refractivity contribution in [2.24, 2.45) is 17.3 Å². The molecule has 0 aromatic carbocycles. The van der Waals surface area contributed by atoms with Crippen LogP contribution in [0.1, 0.15) is 79.5 Å². The van der Waals surface area contributed by atoms with Gasteiger partial charge in [-0.15, -0.1) is 0 Å². The molecule has 27 heavy (non-hydrogen) atoms. The first-order valence-corrected chi connectivity index (χ1v) is 10.3. The van der Waals surface area contributed by atoms with Gasteiger partial charge in [0.15, 0.2) is 0 Å². The molecule has 0 aliphatic heterocycles. The minimum atomic E-state index is -0.732. The second kappa shape index (κ2) is 11.8. The second-order valence-corrected chi connectivity index (χ2v) is 8.59. The zero-order valence-corrected chi connectivity index (χ0v) is 19.4. The third-order valence-corrected chi connectivity index (χ3v) is 6.28. The number of hydrogen-bond acceptors (Lipinski definition) is 3. The molecule has 5 heteroatoms. The molecule has 0 heterocycles. The van der Waals surface area contributed by atoms with Gasteiger partial charge in [0.2, 0.25) is 0 Å². The van der Waals surface area contributed by atoms with Gasteiger partial charge in [0.1, 0.15) is 0 Å². The molecule has 0 unspecified atom stereocenters. The van der Waals surface area contributed by atoms with E-state index in [1.54, 1.807) is 0 Å². The minimum absolute atomic E-state index is 0. The summed E-state index contributed by atoms with van der Waals surface area (Å²) < 4.78 is 0. The summed E-state index contributed by atoms with van der Waals surface area (Å²) in [6.45, 7) is 4.43. The molecule has 5 atom stereocenters. The molecule has 0 amide bonds. The molecule has 0 spiro atoms. The normalized spacial score (nSPS) is 32.6. The average molecular weight is 389 g/mol. The number of carboxylic acid groups (broad SMARTS) is 1. The Hall–Kier alpha value is -0.130. The van der Waals surface area contributed by atoms with Crippen LogP contribution >= 0.6 is 0 Å². The first-order valence-electron chi connectivity index (χ1n) is 10.3. The van der Waals surface area contributed by atoms with Gasteiger partial charge in [-0.1, -0.05) is 56.9 Å². The molecule has 150 valence electrons. The number of allylic oxidation sites excluding steroid dienone is 2. The van der Waals surface area contributed by atoms with Gasteiger partial charge in [0.25, 0.3) is 0 Å². The number of carboxylic acids is 1. The smallest absolute Gasteiger partial charge is 1.00 e. The third kappa shape index (κ3) is 7.32. The fourth-order valence-electron chi connectivity index (χ4n) is 4.89. The zero-order chi connectivity index (χ0) is 19.2. The maximum Gasteiger partial charge on any atom is 1.00 e. The minimum Gasteiger partial charge on any atom is -1.00 e. The molecule has 3 N–H and O–H groups in total. The summed E-state index contributed by atoms with van der Waals surface area (Å²) in [4.78, 5) is 10.6. The molecule has 0 aromatic rings. The van der Waals surface area contributed by atoms with Crippen LogP contribution in [0.5, 0.6) is 0 Å². The van der Waals surface area contributed by atoms with Crippen molar-refractivity contribution >= 4 is 5.97 Å². The number of hydrogen-bond donors (Lipinski definition) is 3. The van der Waals surface area contributed by atoms with E-state index in [1.165, 1.54) is 5.57 Å². The van der Waals surface area contributed by atoms with E-state index in [4.69, 9.17) is 5.11 Å². The van der Waals surface area contributed by atoms with Crippen LogP contribution in [0.15, 0.2) is 23.8 Å². The zero-order valence-electron chi connectivity index (χ0n) is 18.4. The van der Waals surface area contributed by atoms with Crippen molar-refractivity contribution < 1.29 is 51.1 Å². The molecule has 2 aliphatic rings. The molecule has 2 rings (SSSR count). The van der Waals surface area contributed by atoms with Crippen molar-refractivity contribution in [3.8, 4) is 0 Å². The topological polar surface area (TPSA) is 77.8 Å². The summed E-state index contributed by atoms with van der Waals surface area (Å²) in [5.41, 5.74) is 1.54. The number of aliphatic carboxylic acids is 1. The van der Waals surface area contributed by atoms with Crippen LogP contribution in [0.25, 0.3) is 0 Å². The predicted molar refractivity (Wildman–Crippen MR) is 105 cm³/mol. The molecular formula is C22H37NaO4. The van der Waals surface area contributed by atoms with E-state index in [1.807, 2.05) is 6.08 Å². The predicted octanol–water partition coefficient (Wildman–Crippen LogP) is 1.58. The van der Waals surface area contributed by atoms with Gasteiger partial charge < -0.3 is 16.7 Å².